The van der Waals surface area contributed by atoms with Crippen LogP contribution in [-0.2, 0) is 14.8 Å². The molecule has 0 aliphatic heterocycles. The van der Waals surface area contributed by atoms with Gasteiger partial charge in [0.25, 0.3) is 11.6 Å². The molecule has 0 spiro atoms. The summed E-state index contributed by atoms with van der Waals surface area (Å²) < 4.78 is 25.9. The van der Waals surface area contributed by atoms with Crippen LogP contribution in [0.1, 0.15) is 12.5 Å². The largest absolute Gasteiger partial charge is 0.271 e. The first kappa shape index (κ1) is 21.9. The molecule has 0 radical (unpaired) electrons. The third-order valence-electron chi connectivity index (χ3n) is 4.55. The Morgan fingerprint density at radius 2 is 1.77 bits per heavy atom. The van der Waals surface area contributed by atoms with Crippen molar-refractivity contribution < 1.29 is 18.1 Å². The number of non-ortho nitro benzene ring substituents is 1. The van der Waals surface area contributed by atoms with Crippen LogP contribution in [0, 0.1) is 10.1 Å². The summed E-state index contributed by atoms with van der Waals surface area (Å²) in [6.45, 7) is 1.11. The fourth-order valence-electron chi connectivity index (χ4n) is 3.03. The van der Waals surface area contributed by atoms with E-state index >= 15 is 0 Å². The Labute approximate surface area is 179 Å². The highest BCUT2D eigenvalue weighted by molar-refractivity contribution is 7.92. The third-order valence-corrected chi connectivity index (χ3v) is 5.67. The van der Waals surface area contributed by atoms with Gasteiger partial charge < -0.3 is 0 Å². The van der Waals surface area contributed by atoms with E-state index in [9.17, 15) is 23.3 Å². The van der Waals surface area contributed by atoms with E-state index < -0.39 is 27.4 Å². The predicted octanol–water partition coefficient (Wildman–Crippen LogP) is 3.05. The number of hydrogen-bond donors (Lipinski definition) is 1. The van der Waals surface area contributed by atoms with E-state index in [1.807, 2.05) is 18.2 Å². The van der Waals surface area contributed by atoms with Gasteiger partial charge in [0.1, 0.15) is 6.54 Å². The molecule has 1 N–H and O–H groups in total. The minimum atomic E-state index is -3.76. The normalized spacial score (nSPS) is 11.9. The van der Waals surface area contributed by atoms with E-state index in [4.69, 9.17) is 0 Å². The number of rotatable bonds is 7. The molecule has 9 nitrogen and oxygen atoms in total. The second-order valence-electron chi connectivity index (χ2n) is 6.81. The SMILES string of the molecule is C/C(=N/NC(=O)CN(c1cccc2ccccc12)S(C)(=O)=O)c1cccc([N+](=O)[O-])c1. The summed E-state index contributed by atoms with van der Waals surface area (Å²) in [5.74, 6) is -0.650. The minimum absolute atomic E-state index is 0.0995. The first-order valence-corrected chi connectivity index (χ1v) is 11.0. The number of amides is 1. The van der Waals surface area contributed by atoms with Crippen LogP contribution in [0.3, 0.4) is 0 Å². The molecule has 10 heteroatoms. The smallest absolute Gasteiger partial charge is 0.270 e. The number of carbonyl (C=O) groups is 1. The summed E-state index contributed by atoms with van der Waals surface area (Å²) >= 11 is 0. The number of sulfonamides is 1. The highest BCUT2D eigenvalue weighted by atomic mass is 32.2. The molecule has 160 valence electrons. The van der Waals surface area contributed by atoms with Gasteiger partial charge in [0.05, 0.1) is 22.6 Å². The molecular weight excluding hydrogens is 420 g/mol. The fraction of sp³-hybridized carbons (Fsp3) is 0.143. The number of hydrogen-bond acceptors (Lipinski definition) is 6. The Morgan fingerprint density at radius 3 is 2.48 bits per heavy atom. The number of fused-ring (bicyclic) bond motifs is 1. The second-order valence-corrected chi connectivity index (χ2v) is 8.71. The number of benzene rings is 3. The van der Waals surface area contributed by atoms with Gasteiger partial charge in [-0.25, -0.2) is 13.8 Å². The third kappa shape index (κ3) is 5.23. The van der Waals surface area contributed by atoms with Gasteiger partial charge in [-0.1, -0.05) is 48.5 Å². The second kappa shape index (κ2) is 8.92. The zero-order valence-electron chi connectivity index (χ0n) is 16.8. The van der Waals surface area contributed by atoms with Crippen LogP contribution in [0.4, 0.5) is 11.4 Å². The van der Waals surface area contributed by atoms with Crippen molar-refractivity contribution in [2.45, 2.75) is 6.92 Å². The maximum absolute atomic E-state index is 12.5. The van der Waals surface area contributed by atoms with E-state index in [1.54, 1.807) is 37.3 Å². The van der Waals surface area contributed by atoms with Crippen molar-refractivity contribution in [3.05, 3.63) is 82.4 Å². The Bertz CT molecular complexity index is 1280. The molecule has 0 aliphatic carbocycles. The number of anilines is 1. The molecule has 31 heavy (non-hydrogen) atoms. The standard InChI is InChI=1S/C21H20N4O5S/c1-15(17-9-5-10-18(13-17)25(27)28)22-23-21(26)14-24(31(2,29)30)20-12-6-8-16-7-3-4-11-19(16)20/h3-13H,14H2,1-2H3,(H,23,26)/b22-15-. The Hall–Kier alpha value is -3.79. The number of nitrogens with zero attached hydrogens (tertiary/aromatic N) is 3. The molecule has 1 amide bonds. The first-order valence-electron chi connectivity index (χ1n) is 9.20. The van der Waals surface area contributed by atoms with Crippen molar-refractivity contribution in [2.24, 2.45) is 5.10 Å². The maximum atomic E-state index is 12.5. The molecule has 0 fully saturated rings. The van der Waals surface area contributed by atoms with Crippen molar-refractivity contribution in [1.29, 1.82) is 0 Å². The van der Waals surface area contributed by atoms with Gasteiger partial charge in [-0.2, -0.15) is 5.10 Å². The molecule has 0 bridgehead atoms. The summed E-state index contributed by atoms with van der Waals surface area (Å²) in [7, 11) is -3.76. The van der Waals surface area contributed by atoms with Crippen LogP contribution >= 0.6 is 0 Å². The highest BCUT2D eigenvalue weighted by Crippen LogP contribution is 2.28. The summed E-state index contributed by atoms with van der Waals surface area (Å²) in [6.07, 6.45) is 1.03. The highest BCUT2D eigenvalue weighted by Gasteiger charge is 2.22. The van der Waals surface area contributed by atoms with E-state index in [0.717, 1.165) is 15.9 Å². The van der Waals surface area contributed by atoms with Gasteiger partial charge >= 0.3 is 0 Å². The van der Waals surface area contributed by atoms with Crippen LogP contribution in [-0.4, -0.2) is 37.8 Å². The summed E-state index contributed by atoms with van der Waals surface area (Å²) in [5, 5.41) is 16.4. The number of carbonyl (C=O) groups excluding carboxylic acids is 1. The zero-order valence-corrected chi connectivity index (χ0v) is 17.7. The maximum Gasteiger partial charge on any atom is 0.270 e. The molecule has 3 aromatic rings. The molecule has 3 aromatic carbocycles. The van der Waals surface area contributed by atoms with Crippen LogP contribution < -0.4 is 9.73 Å². The lowest BCUT2D eigenvalue weighted by molar-refractivity contribution is -0.384. The van der Waals surface area contributed by atoms with Crippen LogP contribution in [0.25, 0.3) is 10.8 Å². The van der Waals surface area contributed by atoms with Gasteiger partial charge in [0.2, 0.25) is 10.0 Å². The Kier molecular flexibility index (Phi) is 6.30. The topological polar surface area (TPSA) is 122 Å². The Morgan fingerprint density at radius 1 is 1.10 bits per heavy atom. The van der Waals surface area contributed by atoms with Gasteiger partial charge in [0.15, 0.2) is 0 Å². The minimum Gasteiger partial charge on any atom is -0.271 e. The average molecular weight is 440 g/mol. The van der Waals surface area contributed by atoms with Crippen LogP contribution in [0.15, 0.2) is 71.8 Å². The quantitative estimate of drug-likeness (QED) is 0.344. The van der Waals surface area contributed by atoms with Gasteiger partial charge in [0, 0.05) is 23.1 Å². The first-order chi connectivity index (χ1) is 14.7. The van der Waals surface area contributed by atoms with Gasteiger partial charge in [-0.3, -0.25) is 19.2 Å². The van der Waals surface area contributed by atoms with Crippen molar-refractivity contribution in [3.8, 4) is 0 Å². The van der Waals surface area contributed by atoms with E-state index in [-0.39, 0.29) is 5.69 Å². The van der Waals surface area contributed by atoms with Crippen LogP contribution in [0.2, 0.25) is 0 Å². The van der Waals surface area contributed by atoms with Crippen LogP contribution in [0.5, 0.6) is 0 Å². The predicted molar refractivity (Wildman–Crippen MR) is 120 cm³/mol. The summed E-state index contributed by atoms with van der Waals surface area (Å²) in [4.78, 5) is 22.9. The molecule has 0 saturated carbocycles. The van der Waals surface area contributed by atoms with Crippen molar-refractivity contribution in [3.63, 3.8) is 0 Å². The monoisotopic (exact) mass is 440 g/mol. The van der Waals surface area contributed by atoms with E-state index in [2.05, 4.69) is 10.5 Å². The van der Waals surface area contributed by atoms with Crippen molar-refractivity contribution in [2.75, 3.05) is 17.1 Å². The lowest BCUT2D eigenvalue weighted by Gasteiger charge is -2.23. The lowest BCUT2D eigenvalue weighted by atomic mass is 10.1. The van der Waals surface area contributed by atoms with Crippen molar-refractivity contribution in [1.82, 2.24) is 5.43 Å². The molecular formula is C21H20N4O5S. The molecule has 0 saturated heterocycles. The zero-order chi connectivity index (χ0) is 22.6. The molecule has 0 heterocycles. The number of nitro benzene ring substituents is 1. The van der Waals surface area contributed by atoms with Crippen molar-refractivity contribution >= 4 is 43.8 Å². The molecule has 0 aliphatic rings. The van der Waals surface area contributed by atoms with Gasteiger partial charge in [-0.15, -0.1) is 0 Å². The number of hydrazone groups is 1. The number of nitrogens with one attached hydrogen (secondary N) is 1. The molecule has 3 rings (SSSR count). The number of nitro groups is 1. The molecule has 0 atom stereocenters. The summed E-state index contributed by atoms with van der Waals surface area (Å²) in [6, 6.07) is 18.3. The van der Waals surface area contributed by atoms with E-state index in [0.29, 0.717) is 22.3 Å². The average Bonchev–Trinajstić information content (AvgIpc) is 2.74. The fourth-order valence-corrected chi connectivity index (χ4v) is 3.90. The van der Waals surface area contributed by atoms with E-state index in [1.165, 1.54) is 18.2 Å². The molecule has 0 aromatic heterocycles. The lowest BCUT2D eigenvalue weighted by Crippen LogP contribution is -2.39. The van der Waals surface area contributed by atoms with Gasteiger partial charge in [-0.05, 0) is 18.4 Å². The summed E-state index contributed by atoms with van der Waals surface area (Å²) in [5.41, 5.74) is 3.41. The molecule has 0 unspecified atom stereocenters. The Balaban J connectivity index is 1.83.